The minimum absolute atomic E-state index is 0.0665. The Labute approximate surface area is 172 Å². The van der Waals surface area contributed by atoms with Gasteiger partial charge in [0.15, 0.2) is 17.0 Å². The molecule has 0 radical (unpaired) electrons. The molecule has 0 atom stereocenters. The van der Waals surface area contributed by atoms with Gasteiger partial charge in [0.05, 0.1) is 34.8 Å². The third-order valence-corrected chi connectivity index (χ3v) is 5.69. The van der Waals surface area contributed by atoms with Crippen LogP contribution in [0, 0.1) is 5.82 Å². The molecule has 0 amide bonds. The van der Waals surface area contributed by atoms with Gasteiger partial charge in [-0.15, -0.1) is 0 Å². The fourth-order valence-corrected chi connectivity index (χ4v) is 4.10. The molecular weight excluding hydrogens is 387 g/mol. The topological polar surface area (TPSA) is 69.6 Å². The van der Waals surface area contributed by atoms with Crippen molar-refractivity contribution < 1.29 is 18.7 Å². The summed E-state index contributed by atoms with van der Waals surface area (Å²) in [6, 6.07) is 6.81. The van der Waals surface area contributed by atoms with Crippen molar-refractivity contribution in [3.8, 4) is 22.6 Å². The molecule has 0 saturated heterocycles. The number of ether oxygens (including phenoxy) is 2. The van der Waals surface area contributed by atoms with Crippen LogP contribution in [0.5, 0.6) is 11.5 Å². The highest BCUT2D eigenvalue weighted by Crippen LogP contribution is 2.45. The average molecular weight is 408 g/mol. The van der Waals surface area contributed by atoms with E-state index in [1.165, 1.54) is 20.1 Å². The largest absolute Gasteiger partial charge is 0.494 e. The number of halogens is 1. The van der Waals surface area contributed by atoms with Crippen molar-refractivity contribution in [2.45, 2.75) is 25.8 Å². The van der Waals surface area contributed by atoms with Gasteiger partial charge in [-0.2, -0.15) is 0 Å². The minimum Gasteiger partial charge on any atom is -0.494 e. The number of carbonyl (C=O) groups is 1. The molecule has 2 aliphatic rings. The monoisotopic (exact) mass is 408 g/mol. The smallest absolute Gasteiger partial charge is 0.200 e. The van der Waals surface area contributed by atoms with E-state index in [0.29, 0.717) is 30.0 Å². The maximum atomic E-state index is 15.4. The predicted octanol–water partition coefficient (Wildman–Crippen LogP) is 4.16. The van der Waals surface area contributed by atoms with E-state index in [2.05, 4.69) is 5.32 Å². The van der Waals surface area contributed by atoms with Crippen LogP contribution in [0.4, 0.5) is 10.1 Å². The standard InChI is InChI=1S/C23H21FN2O4/c1-12(27)16-11-26(14-4-5-14)21-15(22(16)28)10-17(24)20(23(21)29-2)13-3-6-18-19(9-13)30-8-7-25-18/h3,6,9-11,14,25H,4-5,7-8H2,1-2H3. The fourth-order valence-electron chi connectivity index (χ4n) is 4.10. The van der Waals surface area contributed by atoms with Gasteiger partial charge in [-0.25, -0.2) is 4.39 Å². The van der Waals surface area contributed by atoms with Crippen molar-refractivity contribution in [1.82, 2.24) is 4.57 Å². The first kappa shape index (κ1) is 18.7. The van der Waals surface area contributed by atoms with Gasteiger partial charge in [-0.05, 0) is 43.5 Å². The summed E-state index contributed by atoms with van der Waals surface area (Å²) in [7, 11) is 1.47. The molecule has 0 bridgehead atoms. The second-order valence-electron chi connectivity index (χ2n) is 7.72. The molecular formula is C23H21FN2O4. The third-order valence-electron chi connectivity index (χ3n) is 5.69. The maximum Gasteiger partial charge on any atom is 0.200 e. The van der Waals surface area contributed by atoms with E-state index in [1.807, 2.05) is 10.6 Å². The lowest BCUT2D eigenvalue weighted by Gasteiger charge is -2.21. The van der Waals surface area contributed by atoms with Crippen molar-refractivity contribution in [2.24, 2.45) is 0 Å². The minimum atomic E-state index is -0.580. The van der Waals surface area contributed by atoms with Crippen LogP contribution in [-0.2, 0) is 0 Å². The first-order valence-corrected chi connectivity index (χ1v) is 9.97. The van der Waals surface area contributed by atoms with E-state index in [1.54, 1.807) is 18.3 Å². The lowest BCUT2D eigenvalue weighted by molar-refractivity contribution is 0.101. The zero-order valence-electron chi connectivity index (χ0n) is 16.8. The number of methoxy groups -OCH3 is 1. The third kappa shape index (κ3) is 2.84. The molecule has 6 nitrogen and oxygen atoms in total. The van der Waals surface area contributed by atoms with Crippen LogP contribution in [0.1, 0.15) is 36.2 Å². The van der Waals surface area contributed by atoms with Crippen molar-refractivity contribution in [3.63, 3.8) is 0 Å². The molecule has 1 saturated carbocycles. The number of benzene rings is 2. The Balaban J connectivity index is 1.83. The van der Waals surface area contributed by atoms with E-state index >= 15 is 4.39 Å². The van der Waals surface area contributed by atoms with Crippen molar-refractivity contribution in [2.75, 3.05) is 25.6 Å². The highest BCUT2D eigenvalue weighted by Gasteiger charge is 2.30. The highest BCUT2D eigenvalue weighted by atomic mass is 19.1. The summed E-state index contributed by atoms with van der Waals surface area (Å²) in [5, 5.41) is 3.40. The number of anilines is 1. The number of fused-ring (bicyclic) bond motifs is 2. The molecule has 7 heteroatoms. The lowest BCUT2D eigenvalue weighted by atomic mass is 9.98. The quantitative estimate of drug-likeness (QED) is 0.657. The Bertz CT molecular complexity index is 1260. The molecule has 30 heavy (non-hydrogen) atoms. The second-order valence-corrected chi connectivity index (χ2v) is 7.72. The summed E-state index contributed by atoms with van der Waals surface area (Å²) in [6.45, 7) is 2.60. The van der Waals surface area contributed by atoms with Gasteiger partial charge < -0.3 is 19.4 Å². The van der Waals surface area contributed by atoms with Gasteiger partial charge in [0.2, 0.25) is 0 Å². The Morgan fingerprint density at radius 1 is 1.30 bits per heavy atom. The Morgan fingerprint density at radius 2 is 2.10 bits per heavy atom. The van der Waals surface area contributed by atoms with Crippen LogP contribution in [-0.4, -0.2) is 30.6 Å². The van der Waals surface area contributed by atoms with Crippen molar-refractivity contribution >= 4 is 22.4 Å². The number of aromatic nitrogens is 1. The second kappa shape index (κ2) is 6.86. The number of hydrogen-bond acceptors (Lipinski definition) is 5. The first-order chi connectivity index (χ1) is 14.5. The highest BCUT2D eigenvalue weighted by molar-refractivity contribution is 6.00. The molecule has 1 N–H and O–H groups in total. The molecule has 1 aromatic heterocycles. The van der Waals surface area contributed by atoms with Gasteiger partial charge in [0.1, 0.15) is 18.2 Å². The van der Waals surface area contributed by atoms with Crippen LogP contribution < -0.4 is 20.2 Å². The number of pyridine rings is 1. The molecule has 1 aliphatic heterocycles. The fraction of sp³-hybridized carbons (Fsp3) is 0.304. The predicted molar refractivity (Wildman–Crippen MR) is 112 cm³/mol. The zero-order valence-corrected chi connectivity index (χ0v) is 16.8. The van der Waals surface area contributed by atoms with E-state index < -0.39 is 11.2 Å². The maximum absolute atomic E-state index is 15.4. The van der Waals surface area contributed by atoms with Gasteiger partial charge in [-0.1, -0.05) is 6.07 Å². The Morgan fingerprint density at radius 3 is 2.80 bits per heavy atom. The summed E-state index contributed by atoms with van der Waals surface area (Å²) < 4.78 is 28.6. The first-order valence-electron chi connectivity index (χ1n) is 9.97. The van der Waals surface area contributed by atoms with E-state index in [4.69, 9.17) is 9.47 Å². The molecule has 5 rings (SSSR count). The van der Waals surface area contributed by atoms with E-state index in [0.717, 1.165) is 18.5 Å². The van der Waals surface area contributed by atoms with Crippen LogP contribution in [0.2, 0.25) is 0 Å². The van der Waals surface area contributed by atoms with Gasteiger partial charge in [-0.3, -0.25) is 9.59 Å². The van der Waals surface area contributed by atoms with Gasteiger partial charge in [0.25, 0.3) is 0 Å². The Kier molecular flexibility index (Phi) is 4.27. The van der Waals surface area contributed by atoms with E-state index in [-0.39, 0.29) is 34.1 Å². The summed E-state index contributed by atoms with van der Waals surface area (Å²) in [6.07, 6.45) is 3.46. The summed E-state index contributed by atoms with van der Waals surface area (Å²) >= 11 is 0. The lowest BCUT2D eigenvalue weighted by Crippen LogP contribution is -2.19. The summed E-state index contributed by atoms with van der Waals surface area (Å²) in [5.41, 5.74) is 1.83. The molecule has 3 aromatic rings. The van der Waals surface area contributed by atoms with Gasteiger partial charge in [0, 0.05) is 18.8 Å². The number of nitrogens with zero attached hydrogens (tertiary/aromatic N) is 1. The Hall–Kier alpha value is -3.35. The van der Waals surface area contributed by atoms with E-state index in [9.17, 15) is 9.59 Å². The van der Waals surface area contributed by atoms with Crippen molar-refractivity contribution in [3.05, 3.63) is 52.1 Å². The number of Topliss-reactive ketones (excluding diaryl/α,β-unsaturated/α-hetero) is 1. The zero-order chi connectivity index (χ0) is 21.0. The molecule has 154 valence electrons. The van der Waals surface area contributed by atoms with Crippen LogP contribution in [0.25, 0.3) is 22.0 Å². The molecule has 0 spiro atoms. The normalized spacial score (nSPS) is 15.3. The SMILES string of the molecule is COc1c(-c2ccc3c(c2)OCCN3)c(F)cc2c(=O)c(C(C)=O)cn(C3CC3)c12. The average Bonchev–Trinajstić information content (AvgIpc) is 3.58. The van der Waals surface area contributed by atoms with Crippen LogP contribution >= 0.6 is 0 Å². The van der Waals surface area contributed by atoms with Crippen LogP contribution in [0.15, 0.2) is 35.3 Å². The molecule has 2 heterocycles. The summed E-state index contributed by atoms with van der Waals surface area (Å²) in [5.74, 6) is 0.0157. The number of hydrogen-bond donors (Lipinski definition) is 1. The number of ketones is 1. The summed E-state index contributed by atoms with van der Waals surface area (Å²) in [4.78, 5) is 25.0. The number of nitrogens with one attached hydrogen (secondary N) is 1. The van der Waals surface area contributed by atoms with Crippen molar-refractivity contribution in [1.29, 1.82) is 0 Å². The number of rotatable bonds is 4. The molecule has 2 aromatic carbocycles. The number of carbonyl (C=O) groups excluding carboxylic acids is 1. The van der Waals surface area contributed by atoms with Crippen LogP contribution in [0.3, 0.4) is 0 Å². The molecule has 1 aliphatic carbocycles. The van der Waals surface area contributed by atoms with Gasteiger partial charge >= 0.3 is 0 Å². The molecule has 1 fully saturated rings. The molecule has 0 unspecified atom stereocenters.